The molecule has 0 saturated carbocycles. The number of hydrogen-bond acceptors (Lipinski definition) is 7. The van der Waals surface area contributed by atoms with Crippen LogP contribution in [0.15, 0.2) is 54.6 Å². The van der Waals surface area contributed by atoms with Crippen molar-refractivity contribution < 1.29 is 33.3 Å². The van der Waals surface area contributed by atoms with Gasteiger partial charge in [-0.2, -0.15) is 4.40 Å². The number of fused-ring (bicyclic) bond motifs is 3. The monoisotopic (exact) mass is 389 g/mol. The van der Waals surface area contributed by atoms with Crippen molar-refractivity contribution in [2.75, 3.05) is 19.0 Å². The van der Waals surface area contributed by atoms with E-state index in [1.165, 1.54) is 0 Å². The lowest BCUT2D eigenvalue weighted by molar-refractivity contribution is -2.00. The molecule has 140 valence electrons. The van der Waals surface area contributed by atoms with Gasteiger partial charge in [-0.25, -0.2) is 18.6 Å². The fourth-order valence-electron chi connectivity index (χ4n) is 2.63. The van der Waals surface area contributed by atoms with Gasteiger partial charge in [-0.15, -0.1) is 10.2 Å². The molecule has 0 aliphatic rings. The molecular formula is C17H16ClN5O4. The molecule has 2 aromatic carbocycles. The molecule has 1 N–H and O–H groups in total. The van der Waals surface area contributed by atoms with Gasteiger partial charge < -0.3 is 0 Å². The molecule has 0 aliphatic heterocycles. The number of imidazole rings is 1. The molecule has 0 unspecified atom stereocenters. The highest BCUT2D eigenvalue weighted by Gasteiger charge is 2.21. The van der Waals surface area contributed by atoms with E-state index in [1.54, 1.807) is 0 Å². The van der Waals surface area contributed by atoms with E-state index >= 15 is 0 Å². The summed E-state index contributed by atoms with van der Waals surface area (Å²) in [7, 11) is -0.962. The molecule has 0 bridgehead atoms. The Kier molecular flexibility index (Phi) is 5.22. The Morgan fingerprint density at radius 3 is 2.11 bits per heavy atom. The minimum atomic E-state index is -4.94. The number of hydrogen-bond donors (Lipinski definition) is 1. The lowest BCUT2D eigenvalue weighted by atomic mass is 10.2. The van der Waals surface area contributed by atoms with Crippen molar-refractivity contribution in [2.45, 2.75) is 0 Å². The summed E-state index contributed by atoms with van der Waals surface area (Å²) in [5.74, 6) is 2.36. The third-order valence-corrected chi connectivity index (χ3v) is 3.65. The summed E-state index contributed by atoms with van der Waals surface area (Å²) in [6.07, 6.45) is 0. The zero-order valence-electron chi connectivity index (χ0n) is 14.5. The number of nitrogens with one attached hydrogen (secondary N) is 1. The van der Waals surface area contributed by atoms with Gasteiger partial charge in [-0.3, -0.25) is 9.88 Å². The van der Waals surface area contributed by atoms with Crippen LogP contribution >= 0.6 is 0 Å². The molecule has 0 saturated heterocycles. The van der Waals surface area contributed by atoms with Gasteiger partial charge in [0.1, 0.15) is 11.0 Å². The van der Waals surface area contributed by atoms with Crippen LogP contribution in [-0.2, 0) is 0 Å². The topological polar surface area (TPSA) is 141 Å². The Hall–Kier alpha value is -2.82. The number of H-pyrrole nitrogens is 1. The molecule has 2 aromatic heterocycles. The van der Waals surface area contributed by atoms with Crippen LogP contribution in [0.25, 0.3) is 28.2 Å². The molecule has 4 aromatic rings. The normalized spacial score (nSPS) is 11.3. The first kappa shape index (κ1) is 19.0. The van der Waals surface area contributed by atoms with Crippen LogP contribution in [0.4, 0.5) is 5.95 Å². The number of rotatable bonds is 2. The number of aromatic amines is 1. The molecule has 0 amide bonds. The first-order chi connectivity index (χ1) is 12.7. The maximum Gasteiger partial charge on any atom is 0.333 e. The Morgan fingerprint density at radius 1 is 0.889 bits per heavy atom. The average Bonchev–Trinajstić information content (AvgIpc) is 2.98. The lowest BCUT2D eigenvalue weighted by Gasteiger charge is -2.17. The lowest BCUT2D eigenvalue weighted by Crippen LogP contribution is -2.68. The quantitative estimate of drug-likeness (QED) is 0.379. The van der Waals surface area contributed by atoms with Crippen molar-refractivity contribution in [3.05, 3.63) is 54.6 Å². The molecule has 27 heavy (non-hydrogen) atoms. The smallest absolute Gasteiger partial charge is 0.298 e. The number of para-hydroxylation sites is 2. The summed E-state index contributed by atoms with van der Waals surface area (Å²) in [5.41, 5.74) is 3.12. The fourth-order valence-corrected chi connectivity index (χ4v) is 2.63. The zero-order chi connectivity index (χ0) is 19.6. The predicted molar refractivity (Wildman–Crippen MR) is 86.8 cm³/mol. The Morgan fingerprint density at radius 2 is 1.48 bits per heavy atom. The Bertz CT molecular complexity index is 1060. The van der Waals surface area contributed by atoms with Crippen LogP contribution in [0, 0.1) is 10.2 Å². The Labute approximate surface area is 156 Å². The maximum atomic E-state index is 8.49. The average molecular weight is 390 g/mol. The van der Waals surface area contributed by atoms with Crippen LogP contribution in [-0.4, -0.2) is 29.0 Å². The molecule has 0 atom stereocenters. The van der Waals surface area contributed by atoms with Gasteiger partial charge in [-0.05, 0) is 24.3 Å². The van der Waals surface area contributed by atoms with Crippen LogP contribution in [0.3, 0.4) is 0 Å². The number of nitrogens with zero attached hydrogens (tertiary/aromatic N) is 4. The minimum absolute atomic E-state index is 0.718. The standard InChI is InChI=1S/C17H15N5.ClHO4/c1-21(2)17-20-15(12-8-4-3-5-9-12)19-16-18-13-10-6-7-11-14(13)22(16)17;2-1(3,4)5/h3-11H,1-2H3;(H,2,3,4,5). The van der Waals surface area contributed by atoms with Gasteiger partial charge in [0.25, 0.3) is 5.82 Å². The van der Waals surface area contributed by atoms with E-state index in [-0.39, 0.29) is 0 Å². The molecule has 2 heterocycles. The summed E-state index contributed by atoms with van der Waals surface area (Å²) < 4.78 is 36.0. The van der Waals surface area contributed by atoms with Crippen molar-refractivity contribution in [3.8, 4) is 11.4 Å². The number of aromatic nitrogens is 4. The molecule has 0 radical (unpaired) electrons. The van der Waals surface area contributed by atoms with Crippen molar-refractivity contribution in [1.82, 2.24) is 15.0 Å². The van der Waals surface area contributed by atoms with Gasteiger partial charge in [-0.1, -0.05) is 40.3 Å². The Balaban J connectivity index is 0.000000376. The highest BCUT2D eigenvalue weighted by atomic mass is 35.7. The molecule has 9 nitrogen and oxygen atoms in total. The fraction of sp³-hybridized carbons (Fsp3) is 0.118. The van der Waals surface area contributed by atoms with Crippen LogP contribution in [0.2, 0.25) is 0 Å². The van der Waals surface area contributed by atoms with Crippen molar-refractivity contribution >= 4 is 22.8 Å². The first-order valence-corrected chi connectivity index (χ1v) is 9.02. The summed E-state index contributed by atoms with van der Waals surface area (Å²) in [5, 5.41) is 0. The summed E-state index contributed by atoms with van der Waals surface area (Å²) in [6, 6.07) is 18.2. The summed E-state index contributed by atoms with van der Waals surface area (Å²) >= 11 is 0. The van der Waals surface area contributed by atoms with E-state index in [9.17, 15) is 0 Å². The number of halogens is 1. The van der Waals surface area contributed by atoms with Gasteiger partial charge >= 0.3 is 11.7 Å². The van der Waals surface area contributed by atoms with E-state index < -0.39 is 10.2 Å². The second-order valence-electron chi connectivity index (χ2n) is 5.79. The molecule has 0 fully saturated rings. The molecular weight excluding hydrogens is 374 g/mol. The van der Waals surface area contributed by atoms with Gasteiger partial charge in [0.2, 0.25) is 0 Å². The van der Waals surface area contributed by atoms with Crippen molar-refractivity contribution in [2.24, 2.45) is 0 Å². The first-order valence-electron chi connectivity index (χ1n) is 7.79. The van der Waals surface area contributed by atoms with E-state index in [2.05, 4.69) is 11.1 Å². The summed E-state index contributed by atoms with van der Waals surface area (Å²) in [6.45, 7) is 0. The molecule has 0 spiro atoms. The van der Waals surface area contributed by atoms with Crippen LogP contribution in [0.1, 0.15) is 0 Å². The molecule has 4 rings (SSSR count). The minimum Gasteiger partial charge on any atom is -0.298 e. The largest absolute Gasteiger partial charge is 0.333 e. The number of anilines is 1. The molecule has 0 aliphatic carbocycles. The highest BCUT2D eigenvalue weighted by molar-refractivity contribution is 5.74. The molecule has 10 heteroatoms. The van der Waals surface area contributed by atoms with E-state index in [0.717, 1.165) is 34.1 Å². The third-order valence-electron chi connectivity index (χ3n) is 3.65. The maximum absolute atomic E-state index is 8.49. The third kappa shape index (κ3) is 4.48. The van der Waals surface area contributed by atoms with Crippen LogP contribution in [0.5, 0.6) is 0 Å². The van der Waals surface area contributed by atoms with E-state index in [0.29, 0.717) is 0 Å². The van der Waals surface area contributed by atoms with Gasteiger partial charge in [0.05, 0.1) is 0 Å². The second-order valence-corrected chi connectivity index (χ2v) is 6.54. The van der Waals surface area contributed by atoms with Crippen molar-refractivity contribution in [1.29, 1.82) is 0 Å². The zero-order valence-corrected chi connectivity index (χ0v) is 15.3. The predicted octanol–water partition coefficient (Wildman–Crippen LogP) is -2.33. The van der Waals surface area contributed by atoms with Crippen LogP contribution < -0.4 is 27.9 Å². The SMILES string of the molecule is CN(C)c1nc(-c2ccccc2)nc2[nH]c3ccccc3[n+]12.[O-][Cl+3]([O-])([O-])[O-]. The number of benzene rings is 2. The van der Waals surface area contributed by atoms with Gasteiger partial charge in [0, 0.05) is 19.7 Å². The van der Waals surface area contributed by atoms with Crippen molar-refractivity contribution in [3.63, 3.8) is 0 Å². The second kappa shape index (κ2) is 7.43. The van der Waals surface area contributed by atoms with E-state index in [4.69, 9.17) is 28.6 Å². The van der Waals surface area contributed by atoms with Gasteiger partial charge in [0.15, 0.2) is 0 Å². The van der Waals surface area contributed by atoms with E-state index in [1.807, 2.05) is 71.9 Å². The summed E-state index contributed by atoms with van der Waals surface area (Å²) in [4.78, 5) is 14.8. The highest BCUT2D eigenvalue weighted by Crippen LogP contribution is 2.18.